The van der Waals surface area contributed by atoms with E-state index in [0.29, 0.717) is 13.0 Å². The first-order valence-electron chi connectivity index (χ1n) is 7.27. The van der Waals surface area contributed by atoms with Gasteiger partial charge >= 0.3 is 5.97 Å². The van der Waals surface area contributed by atoms with Crippen molar-refractivity contribution in [2.45, 2.75) is 39.5 Å². The Kier molecular flexibility index (Phi) is 5.58. The molecule has 0 saturated heterocycles. The van der Waals surface area contributed by atoms with E-state index in [4.69, 9.17) is 9.84 Å². The Morgan fingerprint density at radius 3 is 2.14 bits per heavy atom. The molecule has 0 aliphatic rings. The van der Waals surface area contributed by atoms with Gasteiger partial charge in [0.2, 0.25) is 5.91 Å². The van der Waals surface area contributed by atoms with Crippen molar-refractivity contribution >= 4 is 11.9 Å². The highest BCUT2D eigenvalue weighted by Gasteiger charge is 2.31. The second kappa shape index (κ2) is 6.81. The molecule has 0 atom stereocenters. The maximum absolute atomic E-state index is 12.4. The predicted molar refractivity (Wildman–Crippen MR) is 85.1 cm³/mol. The maximum atomic E-state index is 12.4. The van der Waals surface area contributed by atoms with Crippen molar-refractivity contribution in [2.75, 3.05) is 13.7 Å². The number of amides is 1. The molecule has 22 heavy (non-hydrogen) atoms. The summed E-state index contributed by atoms with van der Waals surface area (Å²) in [7, 11) is 1.59. The summed E-state index contributed by atoms with van der Waals surface area (Å²) in [6, 6.07) is 7.36. The summed E-state index contributed by atoms with van der Waals surface area (Å²) < 4.78 is 5.11. The van der Waals surface area contributed by atoms with Crippen molar-refractivity contribution in [1.29, 1.82) is 0 Å². The van der Waals surface area contributed by atoms with E-state index in [-0.39, 0.29) is 5.91 Å². The fraction of sp³-hybridized carbons (Fsp3) is 0.529. The number of carboxylic acids is 1. The predicted octanol–water partition coefficient (Wildman–Crippen LogP) is 2.59. The average Bonchev–Trinajstić information content (AvgIpc) is 2.46. The summed E-state index contributed by atoms with van der Waals surface area (Å²) in [5.41, 5.74) is -0.666. The number of hydrogen-bond donors (Lipinski definition) is 2. The van der Waals surface area contributed by atoms with Crippen LogP contribution in [0.3, 0.4) is 0 Å². The highest BCUT2D eigenvalue weighted by Crippen LogP contribution is 2.26. The number of carbonyl (C=O) groups is 2. The minimum Gasteiger partial charge on any atom is -0.497 e. The Morgan fingerprint density at radius 2 is 1.68 bits per heavy atom. The molecular weight excluding hydrogens is 282 g/mol. The van der Waals surface area contributed by atoms with Gasteiger partial charge < -0.3 is 15.2 Å². The number of ether oxygens (including phenoxy) is 1. The number of rotatable bonds is 7. The first kappa shape index (κ1) is 18.0. The third-order valence-electron chi connectivity index (χ3n) is 3.99. The van der Waals surface area contributed by atoms with Gasteiger partial charge in [0.05, 0.1) is 17.9 Å². The molecule has 0 aliphatic carbocycles. The van der Waals surface area contributed by atoms with Gasteiger partial charge in [-0.15, -0.1) is 0 Å². The highest BCUT2D eigenvalue weighted by molar-refractivity contribution is 5.87. The molecule has 0 aliphatic heterocycles. The number of carbonyl (C=O) groups excluding carboxylic acids is 1. The maximum Gasteiger partial charge on any atom is 0.309 e. The topological polar surface area (TPSA) is 75.6 Å². The molecule has 122 valence electrons. The van der Waals surface area contributed by atoms with Gasteiger partial charge in [-0.05, 0) is 51.8 Å². The molecule has 2 N–H and O–H groups in total. The van der Waals surface area contributed by atoms with Crippen LogP contribution in [0.1, 0.15) is 39.7 Å². The van der Waals surface area contributed by atoms with E-state index < -0.39 is 16.8 Å². The van der Waals surface area contributed by atoms with E-state index in [0.717, 1.165) is 11.3 Å². The molecule has 0 bridgehead atoms. The van der Waals surface area contributed by atoms with E-state index in [1.54, 1.807) is 21.0 Å². The molecule has 0 fully saturated rings. The molecule has 0 aromatic heterocycles. The summed E-state index contributed by atoms with van der Waals surface area (Å²) in [4.78, 5) is 23.4. The average molecular weight is 307 g/mol. The Balaban J connectivity index is 2.68. The number of benzene rings is 1. The van der Waals surface area contributed by atoms with Crippen molar-refractivity contribution in [3.63, 3.8) is 0 Å². The number of aliphatic carboxylic acids is 1. The van der Waals surface area contributed by atoms with Gasteiger partial charge in [0, 0.05) is 6.54 Å². The van der Waals surface area contributed by atoms with Crippen LogP contribution in [0.15, 0.2) is 24.3 Å². The van der Waals surface area contributed by atoms with Crippen molar-refractivity contribution in [1.82, 2.24) is 5.32 Å². The van der Waals surface area contributed by atoms with Crippen molar-refractivity contribution < 1.29 is 19.4 Å². The lowest BCUT2D eigenvalue weighted by Gasteiger charge is -2.26. The van der Waals surface area contributed by atoms with E-state index in [2.05, 4.69) is 5.32 Å². The van der Waals surface area contributed by atoms with Crippen LogP contribution in [0.25, 0.3) is 0 Å². The van der Waals surface area contributed by atoms with Crippen LogP contribution in [0, 0.1) is 5.41 Å². The van der Waals surface area contributed by atoms with Gasteiger partial charge in [-0.2, -0.15) is 0 Å². The molecule has 1 aromatic carbocycles. The fourth-order valence-corrected chi connectivity index (χ4v) is 1.96. The lowest BCUT2D eigenvalue weighted by atomic mass is 9.83. The molecule has 0 saturated carbocycles. The second-order valence-corrected chi connectivity index (χ2v) is 6.55. The van der Waals surface area contributed by atoms with Crippen LogP contribution in [0.5, 0.6) is 5.75 Å². The molecule has 0 spiro atoms. The third kappa shape index (κ3) is 4.23. The molecule has 5 nitrogen and oxygen atoms in total. The van der Waals surface area contributed by atoms with Crippen molar-refractivity contribution in [3.8, 4) is 5.75 Å². The lowest BCUT2D eigenvalue weighted by molar-refractivity contribution is -0.147. The molecule has 0 radical (unpaired) electrons. The zero-order valence-electron chi connectivity index (χ0n) is 13.9. The van der Waals surface area contributed by atoms with Gasteiger partial charge in [0.15, 0.2) is 0 Å². The molecule has 1 rings (SSSR count). The van der Waals surface area contributed by atoms with E-state index in [9.17, 15) is 9.59 Å². The van der Waals surface area contributed by atoms with Gasteiger partial charge in [-0.1, -0.05) is 12.1 Å². The van der Waals surface area contributed by atoms with E-state index >= 15 is 0 Å². The first-order valence-corrected chi connectivity index (χ1v) is 7.27. The van der Waals surface area contributed by atoms with Crippen LogP contribution in [-0.2, 0) is 15.0 Å². The van der Waals surface area contributed by atoms with Crippen LogP contribution >= 0.6 is 0 Å². The van der Waals surface area contributed by atoms with E-state index in [1.165, 1.54) is 0 Å². The fourth-order valence-electron chi connectivity index (χ4n) is 1.96. The molecule has 5 heteroatoms. The summed E-state index contributed by atoms with van der Waals surface area (Å²) in [5, 5.41) is 11.9. The Morgan fingerprint density at radius 1 is 1.14 bits per heavy atom. The Hall–Kier alpha value is -2.04. The molecule has 0 heterocycles. The lowest BCUT2D eigenvalue weighted by Crippen LogP contribution is -2.41. The quantitative estimate of drug-likeness (QED) is 0.812. The Bertz CT molecular complexity index is 532. The smallest absolute Gasteiger partial charge is 0.309 e. The zero-order valence-corrected chi connectivity index (χ0v) is 13.9. The standard InChI is InChI=1S/C17H25NO4/c1-16(2,15(20)21)10-11-18-14(19)17(3,4)12-6-8-13(22-5)9-7-12/h6-9H,10-11H2,1-5H3,(H,18,19)(H,20,21). The highest BCUT2D eigenvalue weighted by atomic mass is 16.5. The van der Waals surface area contributed by atoms with Crippen LogP contribution in [-0.4, -0.2) is 30.6 Å². The number of nitrogens with one attached hydrogen (secondary N) is 1. The zero-order chi connectivity index (χ0) is 17.0. The van der Waals surface area contributed by atoms with Gasteiger partial charge in [0.25, 0.3) is 0 Å². The molecule has 1 aromatic rings. The molecule has 0 unspecified atom stereocenters. The van der Waals surface area contributed by atoms with Crippen molar-refractivity contribution in [2.24, 2.45) is 5.41 Å². The Labute approximate surface area is 131 Å². The van der Waals surface area contributed by atoms with E-state index in [1.807, 2.05) is 38.1 Å². The van der Waals surface area contributed by atoms with Gasteiger partial charge in [0.1, 0.15) is 5.75 Å². The van der Waals surface area contributed by atoms with Gasteiger partial charge in [-0.3, -0.25) is 9.59 Å². The van der Waals surface area contributed by atoms with Crippen LogP contribution in [0.2, 0.25) is 0 Å². The largest absolute Gasteiger partial charge is 0.497 e. The summed E-state index contributed by atoms with van der Waals surface area (Å²) in [6.07, 6.45) is 0.382. The molecule has 1 amide bonds. The third-order valence-corrected chi connectivity index (χ3v) is 3.99. The minimum atomic E-state index is -0.865. The minimum absolute atomic E-state index is 0.126. The van der Waals surface area contributed by atoms with Gasteiger partial charge in [-0.25, -0.2) is 0 Å². The number of hydrogen-bond acceptors (Lipinski definition) is 3. The first-order chi connectivity index (χ1) is 10.1. The van der Waals surface area contributed by atoms with Crippen LogP contribution in [0.4, 0.5) is 0 Å². The number of methoxy groups -OCH3 is 1. The summed E-state index contributed by atoms with van der Waals surface area (Å²) in [5.74, 6) is -0.252. The summed E-state index contributed by atoms with van der Waals surface area (Å²) >= 11 is 0. The SMILES string of the molecule is COc1ccc(C(C)(C)C(=O)NCCC(C)(C)C(=O)O)cc1. The van der Waals surface area contributed by atoms with Crippen molar-refractivity contribution in [3.05, 3.63) is 29.8 Å². The second-order valence-electron chi connectivity index (χ2n) is 6.55. The number of carboxylic acid groups (broad SMARTS) is 1. The molecular formula is C17H25NO4. The monoisotopic (exact) mass is 307 g/mol. The normalized spacial score (nSPS) is 11.9. The van der Waals surface area contributed by atoms with Crippen LogP contribution < -0.4 is 10.1 Å². The summed E-state index contributed by atoms with van der Waals surface area (Å²) in [6.45, 7) is 7.31.